The van der Waals surface area contributed by atoms with Gasteiger partial charge in [-0.15, -0.1) is 0 Å². The van der Waals surface area contributed by atoms with Gasteiger partial charge in [0.2, 0.25) is 5.91 Å². The second-order valence-electron chi connectivity index (χ2n) is 6.70. The van der Waals surface area contributed by atoms with Crippen molar-refractivity contribution in [3.63, 3.8) is 0 Å². The predicted molar refractivity (Wildman–Crippen MR) is 84.5 cm³/mol. The van der Waals surface area contributed by atoms with Crippen molar-refractivity contribution >= 4 is 5.91 Å². The van der Waals surface area contributed by atoms with Crippen LogP contribution in [0.25, 0.3) is 0 Å². The predicted octanol–water partition coefficient (Wildman–Crippen LogP) is 1.99. The van der Waals surface area contributed by atoms with Crippen LogP contribution in [-0.4, -0.2) is 43.5 Å². The standard InChI is InChI=1S/C16H33N3O/c1-13(2)10-14(12-17)11-16(20)18-8-9-19(3)15-6-4-5-7-15/h13-15H,4-12,17H2,1-3H3,(H,18,20)/t14-/m0/s1. The van der Waals surface area contributed by atoms with Gasteiger partial charge in [-0.2, -0.15) is 0 Å². The minimum Gasteiger partial charge on any atom is -0.355 e. The number of hydrogen-bond donors (Lipinski definition) is 2. The Morgan fingerprint density at radius 3 is 2.55 bits per heavy atom. The lowest BCUT2D eigenvalue weighted by atomic mass is 9.94. The van der Waals surface area contributed by atoms with Crippen LogP contribution in [0.3, 0.4) is 0 Å². The summed E-state index contributed by atoms with van der Waals surface area (Å²) in [6, 6.07) is 0.727. The van der Waals surface area contributed by atoms with Crippen molar-refractivity contribution in [2.24, 2.45) is 17.6 Å². The smallest absolute Gasteiger partial charge is 0.220 e. The van der Waals surface area contributed by atoms with Crippen LogP contribution in [0, 0.1) is 11.8 Å². The zero-order valence-corrected chi connectivity index (χ0v) is 13.5. The first-order valence-corrected chi connectivity index (χ1v) is 8.20. The van der Waals surface area contributed by atoms with Crippen LogP contribution in [-0.2, 0) is 4.79 Å². The van der Waals surface area contributed by atoms with Gasteiger partial charge in [0.05, 0.1) is 0 Å². The molecule has 0 heterocycles. The third kappa shape index (κ3) is 6.71. The van der Waals surface area contributed by atoms with Gasteiger partial charge in [-0.05, 0) is 44.7 Å². The summed E-state index contributed by atoms with van der Waals surface area (Å²) in [5.74, 6) is 1.08. The molecule has 1 aliphatic rings. The number of hydrogen-bond acceptors (Lipinski definition) is 3. The van der Waals surface area contributed by atoms with Crippen molar-refractivity contribution in [2.45, 2.75) is 58.4 Å². The van der Waals surface area contributed by atoms with Crippen molar-refractivity contribution in [3.05, 3.63) is 0 Å². The number of amides is 1. The van der Waals surface area contributed by atoms with Crippen LogP contribution < -0.4 is 11.1 Å². The van der Waals surface area contributed by atoms with E-state index in [0.29, 0.717) is 24.8 Å². The first-order valence-electron chi connectivity index (χ1n) is 8.20. The summed E-state index contributed by atoms with van der Waals surface area (Å²) in [4.78, 5) is 14.3. The van der Waals surface area contributed by atoms with E-state index in [-0.39, 0.29) is 5.91 Å². The average molecular weight is 283 g/mol. The van der Waals surface area contributed by atoms with Gasteiger partial charge < -0.3 is 16.0 Å². The van der Waals surface area contributed by atoms with Gasteiger partial charge in [-0.3, -0.25) is 4.79 Å². The molecule has 0 aromatic heterocycles. The highest BCUT2D eigenvalue weighted by Gasteiger charge is 2.19. The molecule has 0 aromatic rings. The van der Waals surface area contributed by atoms with E-state index < -0.39 is 0 Å². The Hall–Kier alpha value is -0.610. The summed E-state index contributed by atoms with van der Waals surface area (Å²) in [6.07, 6.45) is 6.94. The normalized spacial score (nSPS) is 17.9. The van der Waals surface area contributed by atoms with Crippen LogP contribution in [0.2, 0.25) is 0 Å². The molecule has 1 rings (SSSR count). The number of rotatable bonds is 9. The number of nitrogens with zero attached hydrogens (tertiary/aromatic N) is 1. The summed E-state index contributed by atoms with van der Waals surface area (Å²) < 4.78 is 0. The third-order valence-corrected chi connectivity index (χ3v) is 4.35. The van der Waals surface area contributed by atoms with E-state index in [9.17, 15) is 4.79 Å². The largest absolute Gasteiger partial charge is 0.355 e. The van der Waals surface area contributed by atoms with E-state index in [0.717, 1.165) is 25.6 Å². The molecule has 1 saturated carbocycles. The van der Waals surface area contributed by atoms with Gasteiger partial charge in [-0.1, -0.05) is 26.7 Å². The maximum absolute atomic E-state index is 11.9. The van der Waals surface area contributed by atoms with Crippen LogP contribution in [0.5, 0.6) is 0 Å². The van der Waals surface area contributed by atoms with Gasteiger partial charge in [0.15, 0.2) is 0 Å². The number of nitrogens with two attached hydrogens (primary N) is 1. The molecule has 1 atom stereocenters. The summed E-state index contributed by atoms with van der Waals surface area (Å²) >= 11 is 0. The first-order chi connectivity index (χ1) is 9.52. The average Bonchev–Trinajstić information content (AvgIpc) is 2.91. The lowest BCUT2D eigenvalue weighted by Crippen LogP contribution is -2.38. The monoisotopic (exact) mass is 283 g/mol. The highest BCUT2D eigenvalue weighted by atomic mass is 16.1. The fraction of sp³-hybridized carbons (Fsp3) is 0.938. The van der Waals surface area contributed by atoms with Crippen molar-refractivity contribution in [1.82, 2.24) is 10.2 Å². The Bertz CT molecular complexity index is 275. The Morgan fingerprint density at radius 2 is 2.00 bits per heavy atom. The minimum atomic E-state index is 0.154. The zero-order valence-electron chi connectivity index (χ0n) is 13.5. The molecule has 0 bridgehead atoms. The van der Waals surface area contributed by atoms with Crippen molar-refractivity contribution in [2.75, 3.05) is 26.7 Å². The van der Waals surface area contributed by atoms with E-state index in [4.69, 9.17) is 5.73 Å². The number of nitrogens with one attached hydrogen (secondary N) is 1. The van der Waals surface area contributed by atoms with Gasteiger partial charge >= 0.3 is 0 Å². The van der Waals surface area contributed by atoms with Crippen LogP contribution >= 0.6 is 0 Å². The first kappa shape index (κ1) is 17.4. The molecule has 0 aliphatic heterocycles. The van der Waals surface area contributed by atoms with E-state index in [2.05, 4.69) is 31.1 Å². The van der Waals surface area contributed by atoms with Gasteiger partial charge in [0, 0.05) is 25.6 Å². The van der Waals surface area contributed by atoms with E-state index in [1.165, 1.54) is 25.7 Å². The van der Waals surface area contributed by atoms with Crippen LogP contribution in [0.1, 0.15) is 52.4 Å². The van der Waals surface area contributed by atoms with Crippen molar-refractivity contribution in [3.8, 4) is 0 Å². The topological polar surface area (TPSA) is 58.4 Å². The maximum Gasteiger partial charge on any atom is 0.220 e. The fourth-order valence-corrected chi connectivity index (χ4v) is 3.16. The molecule has 1 fully saturated rings. The Morgan fingerprint density at radius 1 is 1.35 bits per heavy atom. The van der Waals surface area contributed by atoms with Crippen molar-refractivity contribution < 1.29 is 4.79 Å². The van der Waals surface area contributed by atoms with Gasteiger partial charge in [0.1, 0.15) is 0 Å². The van der Waals surface area contributed by atoms with Crippen molar-refractivity contribution in [1.29, 1.82) is 0 Å². The zero-order chi connectivity index (χ0) is 15.0. The molecule has 0 spiro atoms. The highest BCUT2D eigenvalue weighted by Crippen LogP contribution is 2.21. The molecule has 3 N–H and O–H groups in total. The third-order valence-electron chi connectivity index (χ3n) is 4.35. The Labute approximate surface area is 124 Å². The Balaban J connectivity index is 2.15. The second-order valence-corrected chi connectivity index (χ2v) is 6.70. The molecule has 1 aliphatic carbocycles. The van der Waals surface area contributed by atoms with Gasteiger partial charge in [-0.25, -0.2) is 0 Å². The molecule has 0 aromatic carbocycles. The van der Waals surface area contributed by atoms with Crippen LogP contribution in [0.15, 0.2) is 0 Å². The summed E-state index contributed by atoms with van der Waals surface area (Å²) in [7, 11) is 2.17. The molecular weight excluding hydrogens is 250 g/mol. The number of likely N-dealkylation sites (N-methyl/N-ethyl adjacent to an activating group) is 1. The fourth-order valence-electron chi connectivity index (χ4n) is 3.16. The number of carbonyl (C=O) groups is 1. The quantitative estimate of drug-likeness (QED) is 0.680. The van der Waals surface area contributed by atoms with Gasteiger partial charge in [0.25, 0.3) is 0 Å². The molecular formula is C16H33N3O. The molecule has 4 heteroatoms. The second kappa shape index (κ2) is 9.35. The molecule has 0 radical (unpaired) electrons. The Kier molecular flexibility index (Phi) is 8.15. The highest BCUT2D eigenvalue weighted by molar-refractivity contribution is 5.76. The summed E-state index contributed by atoms with van der Waals surface area (Å²) in [5.41, 5.74) is 5.74. The molecule has 0 unspecified atom stereocenters. The minimum absolute atomic E-state index is 0.154. The number of carbonyl (C=O) groups excluding carboxylic acids is 1. The summed E-state index contributed by atoms with van der Waals surface area (Å²) in [6.45, 7) is 6.67. The molecule has 4 nitrogen and oxygen atoms in total. The van der Waals surface area contributed by atoms with E-state index >= 15 is 0 Å². The SMILES string of the molecule is CC(C)C[C@H](CN)CC(=O)NCCN(C)C1CCCC1. The lowest BCUT2D eigenvalue weighted by molar-refractivity contribution is -0.122. The molecule has 0 saturated heterocycles. The van der Waals surface area contributed by atoms with E-state index in [1.807, 2.05) is 0 Å². The maximum atomic E-state index is 11.9. The summed E-state index contributed by atoms with van der Waals surface area (Å²) in [5, 5.41) is 3.04. The molecule has 1 amide bonds. The lowest BCUT2D eigenvalue weighted by Gasteiger charge is -2.24. The molecule has 20 heavy (non-hydrogen) atoms. The van der Waals surface area contributed by atoms with E-state index in [1.54, 1.807) is 0 Å². The van der Waals surface area contributed by atoms with Crippen LogP contribution in [0.4, 0.5) is 0 Å². The molecule has 118 valence electrons.